The summed E-state index contributed by atoms with van der Waals surface area (Å²) in [6.45, 7) is 0.432. The van der Waals surface area contributed by atoms with Crippen molar-refractivity contribution in [1.29, 1.82) is 0 Å². The predicted molar refractivity (Wildman–Crippen MR) is 111 cm³/mol. The summed E-state index contributed by atoms with van der Waals surface area (Å²) in [4.78, 5) is 6.44. The Morgan fingerprint density at radius 1 is 1.15 bits per heavy atom. The fourth-order valence-corrected chi connectivity index (χ4v) is 3.94. The Kier molecular flexibility index (Phi) is 5.24. The van der Waals surface area contributed by atoms with E-state index in [-0.39, 0.29) is 18.7 Å². The Hall–Kier alpha value is -2.22. The molecule has 1 saturated heterocycles. The van der Waals surface area contributed by atoms with Crippen molar-refractivity contribution in [3.63, 3.8) is 0 Å². The van der Waals surface area contributed by atoms with Crippen LogP contribution in [0, 0.1) is 0 Å². The van der Waals surface area contributed by atoms with E-state index >= 15 is 0 Å². The first kappa shape index (κ1) is 18.2. The van der Waals surface area contributed by atoms with Crippen LogP contribution in [0.3, 0.4) is 0 Å². The highest BCUT2D eigenvalue weighted by Gasteiger charge is 2.41. The Balaban J connectivity index is 1.71. The standard InChI is InChI=1S/C20H18BrN3O2S/c21-14-6-4-13(5-7-14)16-8-9-17(26-16)19-18(15-3-1-2-10-22-15)23-20(27)24(19)11-12-25/h1-10,18-19,25H,11-12H2,(H,23,27). The third-order valence-electron chi connectivity index (χ3n) is 4.59. The molecule has 3 heterocycles. The van der Waals surface area contributed by atoms with Crippen LogP contribution in [0.25, 0.3) is 11.3 Å². The number of pyridine rings is 1. The van der Waals surface area contributed by atoms with E-state index in [4.69, 9.17) is 16.6 Å². The molecule has 5 nitrogen and oxygen atoms in total. The van der Waals surface area contributed by atoms with Crippen LogP contribution in [-0.2, 0) is 0 Å². The van der Waals surface area contributed by atoms with E-state index in [0.717, 1.165) is 27.3 Å². The first-order valence-corrected chi connectivity index (χ1v) is 9.82. The molecule has 2 unspecified atom stereocenters. The van der Waals surface area contributed by atoms with E-state index in [1.54, 1.807) is 6.20 Å². The lowest BCUT2D eigenvalue weighted by molar-refractivity contribution is 0.209. The molecule has 3 aromatic rings. The van der Waals surface area contributed by atoms with Crippen LogP contribution in [0.1, 0.15) is 23.5 Å². The molecule has 0 bridgehead atoms. The van der Waals surface area contributed by atoms with Gasteiger partial charge in [-0.05, 0) is 48.6 Å². The van der Waals surface area contributed by atoms with Gasteiger partial charge in [-0.25, -0.2) is 0 Å². The summed E-state index contributed by atoms with van der Waals surface area (Å²) in [5, 5.41) is 13.4. The Morgan fingerprint density at radius 2 is 1.96 bits per heavy atom. The molecule has 2 aromatic heterocycles. The number of β-amino-alcohol motifs (C(OH)–C–C–N with tert-alkyl or cyclic N) is 1. The van der Waals surface area contributed by atoms with Gasteiger partial charge in [-0.15, -0.1) is 0 Å². The quantitative estimate of drug-likeness (QED) is 0.579. The summed E-state index contributed by atoms with van der Waals surface area (Å²) < 4.78 is 7.23. The number of aromatic nitrogens is 1. The zero-order valence-electron chi connectivity index (χ0n) is 14.4. The number of nitrogens with zero attached hydrogens (tertiary/aromatic N) is 2. The highest BCUT2D eigenvalue weighted by molar-refractivity contribution is 9.10. The normalized spacial score (nSPS) is 19.3. The van der Waals surface area contributed by atoms with E-state index in [2.05, 4.69) is 26.2 Å². The van der Waals surface area contributed by atoms with E-state index in [0.29, 0.717) is 11.7 Å². The predicted octanol–water partition coefficient (Wildman–Crippen LogP) is 4.07. The molecular formula is C20H18BrN3O2S. The van der Waals surface area contributed by atoms with Crippen molar-refractivity contribution in [1.82, 2.24) is 15.2 Å². The smallest absolute Gasteiger partial charge is 0.170 e. The van der Waals surface area contributed by atoms with Crippen LogP contribution in [-0.4, -0.2) is 33.3 Å². The number of halogens is 1. The number of hydrogen-bond acceptors (Lipinski definition) is 4. The average Bonchev–Trinajstić information content (AvgIpc) is 3.29. The van der Waals surface area contributed by atoms with Crippen LogP contribution in [0.5, 0.6) is 0 Å². The van der Waals surface area contributed by atoms with Crippen molar-refractivity contribution in [3.8, 4) is 11.3 Å². The number of thiocarbonyl (C=S) groups is 1. The molecule has 1 aliphatic rings. The van der Waals surface area contributed by atoms with Gasteiger partial charge in [0.05, 0.1) is 18.3 Å². The third-order valence-corrected chi connectivity index (χ3v) is 5.47. The third kappa shape index (κ3) is 3.63. The second-order valence-corrected chi connectivity index (χ2v) is 7.55. The van der Waals surface area contributed by atoms with Crippen molar-refractivity contribution in [3.05, 3.63) is 76.7 Å². The molecule has 7 heteroatoms. The van der Waals surface area contributed by atoms with Crippen LogP contribution in [0.2, 0.25) is 0 Å². The second-order valence-electron chi connectivity index (χ2n) is 6.25. The lowest BCUT2D eigenvalue weighted by Crippen LogP contribution is -2.32. The SMILES string of the molecule is OCCN1C(=S)NC(c2ccccn2)C1c1ccc(-c2ccc(Br)cc2)o1. The Labute approximate surface area is 171 Å². The number of aliphatic hydroxyl groups is 1. The molecule has 1 fully saturated rings. The summed E-state index contributed by atoms with van der Waals surface area (Å²) in [7, 11) is 0. The lowest BCUT2D eigenvalue weighted by Gasteiger charge is -2.25. The number of aliphatic hydroxyl groups excluding tert-OH is 1. The van der Waals surface area contributed by atoms with Gasteiger partial charge in [0.15, 0.2) is 5.11 Å². The summed E-state index contributed by atoms with van der Waals surface area (Å²) in [5.41, 5.74) is 1.88. The van der Waals surface area contributed by atoms with Crippen LogP contribution in [0.15, 0.2) is 69.7 Å². The van der Waals surface area contributed by atoms with Crippen molar-refractivity contribution in [2.45, 2.75) is 12.1 Å². The maximum Gasteiger partial charge on any atom is 0.170 e. The van der Waals surface area contributed by atoms with E-state index < -0.39 is 0 Å². The van der Waals surface area contributed by atoms with Crippen LogP contribution < -0.4 is 5.32 Å². The number of furan rings is 1. The topological polar surface area (TPSA) is 61.5 Å². The molecule has 2 atom stereocenters. The summed E-state index contributed by atoms with van der Waals surface area (Å²) in [6, 6.07) is 17.4. The van der Waals surface area contributed by atoms with Crippen molar-refractivity contribution >= 4 is 33.3 Å². The van der Waals surface area contributed by atoms with Gasteiger partial charge in [-0.1, -0.05) is 34.1 Å². The molecule has 1 aromatic carbocycles. The lowest BCUT2D eigenvalue weighted by atomic mass is 10.0. The number of rotatable bonds is 5. The minimum absolute atomic E-state index is 0.00748. The maximum atomic E-state index is 9.50. The van der Waals surface area contributed by atoms with Gasteiger partial charge < -0.3 is 19.7 Å². The highest BCUT2D eigenvalue weighted by Crippen LogP contribution is 2.40. The van der Waals surface area contributed by atoms with Gasteiger partial charge in [-0.2, -0.15) is 0 Å². The fraction of sp³-hybridized carbons (Fsp3) is 0.200. The van der Waals surface area contributed by atoms with Crippen molar-refractivity contribution in [2.75, 3.05) is 13.2 Å². The molecule has 2 N–H and O–H groups in total. The van der Waals surface area contributed by atoms with Gasteiger partial charge in [0, 0.05) is 22.8 Å². The average molecular weight is 444 g/mol. The van der Waals surface area contributed by atoms with Gasteiger partial charge in [-0.3, -0.25) is 4.98 Å². The fourth-order valence-electron chi connectivity index (χ4n) is 3.34. The molecule has 1 aliphatic heterocycles. The zero-order chi connectivity index (χ0) is 18.8. The monoisotopic (exact) mass is 443 g/mol. The maximum absolute atomic E-state index is 9.50. The largest absolute Gasteiger partial charge is 0.459 e. The molecule has 0 radical (unpaired) electrons. The Morgan fingerprint density at radius 3 is 2.67 bits per heavy atom. The van der Waals surface area contributed by atoms with Crippen LogP contribution in [0.4, 0.5) is 0 Å². The molecule has 0 aliphatic carbocycles. The highest BCUT2D eigenvalue weighted by atomic mass is 79.9. The number of nitrogens with one attached hydrogen (secondary N) is 1. The first-order chi connectivity index (χ1) is 13.2. The molecule has 138 valence electrons. The second kappa shape index (κ2) is 7.80. The van der Waals surface area contributed by atoms with Gasteiger partial charge in [0.1, 0.15) is 17.6 Å². The number of hydrogen-bond donors (Lipinski definition) is 2. The molecule has 0 saturated carbocycles. The van der Waals surface area contributed by atoms with Gasteiger partial charge >= 0.3 is 0 Å². The Bertz CT molecular complexity index is 930. The zero-order valence-corrected chi connectivity index (χ0v) is 16.8. The molecule has 27 heavy (non-hydrogen) atoms. The minimum Gasteiger partial charge on any atom is -0.459 e. The molecule has 0 amide bonds. The number of benzene rings is 1. The summed E-state index contributed by atoms with van der Waals surface area (Å²) in [6.07, 6.45) is 1.77. The molecule has 4 rings (SSSR count). The van der Waals surface area contributed by atoms with E-state index in [9.17, 15) is 5.11 Å². The van der Waals surface area contributed by atoms with Gasteiger partial charge in [0.2, 0.25) is 0 Å². The van der Waals surface area contributed by atoms with E-state index in [1.165, 1.54) is 0 Å². The van der Waals surface area contributed by atoms with Crippen LogP contribution >= 0.6 is 28.1 Å². The molecule has 0 spiro atoms. The molecular weight excluding hydrogens is 426 g/mol. The van der Waals surface area contributed by atoms with Gasteiger partial charge in [0.25, 0.3) is 0 Å². The first-order valence-electron chi connectivity index (χ1n) is 8.62. The van der Waals surface area contributed by atoms with Crippen molar-refractivity contribution in [2.24, 2.45) is 0 Å². The summed E-state index contributed by atoms with van der Waals surface area (Å²) >= 11 is 8.96. The van der Waals surface area contributed by atoms with E-state index in [1.807, 2.05) is 59.5 Å². The van der Waals surface area contributed by atoms with Crippen molar-refractivity contribution < 1.29 is 9.52 Å². The summed E-state index contributed by atoms with van der Waals surface area (Å²) in [5.74, 6) is 1.57. The minimum atomic E-state index is -0.177.